The first-order valence-electron chi connectivity index (χ1n) is 4.07. The molecule has 2 unspecified atom stereocenters. The summed E-state index contributed by atoms with van der Waals surface area (Å²) in [5, 5.41) is 16.9. The maximum atomic E-state index is 8.45. The highest BCUT2D eigenvalue weighted by atomic mass is 16.3. The van der Waals surface area contributed by atoms with Crippen LogP contribution < -0.4 is 0 Å². The Morgan fingerprint density at radius 1 is 0.917 bits per heavy atom. The highest BCUT2D eigenvalue weighted by molar-refractivity contribution is 5.18. The maximum Gasteiger partial charge on any atom is 0.104 e. The van der Waals surface area contributed by atoms with Crippen molar-refractivity contribution in [2.24, 2.45) is 11.8 Å². The molecular formula is C10H12O2. The molecule has 64 valence electrons. The summed E-state index contributed by atoms with van der Waals surface area (Å²) >= 11 is 0. The van der Waals surface area contributed by atoms with Crippen LogP contribution in [0.3, 0.4) is 0 Å². The number of aliphatic hydroxyl groups excluding tert-OH is 2. The highest BCUT2D eigenvalue weighted by Crippen LogP contribution is 2.32. The summed E-state index contributed by atoms with van der Waals surface area (Å²) in [5.74, 6) is 11.8. The van der Waals surface area contributed by atoms with E-state index in [4.69, 9.17) is 10.2 Å². The summed E-state index contributed by atoms with van der Waals surface area (Å²) in [4.78, 5) is 0. The van der Waals surface area contributed by atoms with E-state index >= 15 is 0 Å². The van der Waals surface area contributed by atoms with Crippen LogP contribution in [0, 0.1) is 35.5 Å². The predicted molar refractivity (Wildman–Crippen MR) is 45.9 cm³/mol. The molecular weight excluding hydrogens is 152 g/mol. The third-order valence-corrected chi connectivity index (χ3v) is 2.01. The number of hydrogen-bond donors (Lipinski definition) is 2. The van der Waals surface area contributed by atoms with Crippen LogP contribution in [0.15, 0.2) is 0 Å². The molecule has 0 aromatic carbocycles. The molecule has 0 spiro atoms. The van der Waals surface area contributed by atoms with Crippen LogP contribution in [0.1, 0.15) is 12.8 Å². The second-order valence-corrected chi connectivity index (χ2v) is 2.75. The summed E-state index contributed by atoms with van der Waals surface area (Å²) < 4.78 is 0. The predicted octanol–water partition coefficient (Wildman–Crippen LogP) is 0.00400. The van der Waals surface area contributed by atoms with E-state index < -0.39 is 0 Å². The lowest BCUT2D eigenvalue weighted by atomic mass is 9.74. The van der Waals surface area contributed by atoms with E-state index in [-0.39, 0.29) is 13.2 Å². The Bertz CT molecular complexity index is 220. The molecule has 1 aliphatic rings. The maximum absolute atomic E-state index is 8.45. The van der Waals surface area contributed by atoms with Crippen molar-refractivity contribution in [2.75, 3.05) is 13.2 Å². The summed E-state index contributed by atoms with van der Waals surface area (Å²) in [6, 6.07) is 0. The van der Waals surface area contributed by atoms with E-state index in [1.54, 1.807) is 0 Å². The lowest BCUT2D eigenvalue weighted by molar-refractivity contribution is 0.305. The van der Waals surface area contributed by atoms with Crippen molar-refractivity contribution >= 4 is 0 Å². The number of hydrogen-bond acceptors (Lipinski definition) is 2. The first kappa shape index (κ1) is 9.13. The van der Waals surface area contributed by atoms with Crippen LogP contribution in [0.5, 0.6) is 0 Å². The molecule has 0 aromatic heterocycles. The molecule has 0 saturated heterocycles. The quantitative estimate of drug-likeness (QED) is 0.495. The van der Waals surface area contributed by atoms with Gasteiger partial charge in [-0.3, -0.25) is 0 Å². The second-order valence-electron chi connectivity index (χ2n) is 2.75. The van der Waals surface area contributed by atoms with Gasteiger partial charge in [0, 0.05) is 11.8 Å². The Hall–Kier alpha value is -0.960. The van der Waals surface area contributed by atoms with Crippen LogP contribution in [0.2, 0.25) is 0 Å². The first-order chi connectivity index (χ1) is 5.88. The zero-order valence-electron chi connectivity index (χ0n) is 6.88. The third-order valence-electron chi connectivity index (χ3n) is 2.01. The third kappa shape index (κ3) is 2.27. The Labute approximate surface area is 72.6 Å². The molecule has 0 aromatic rings. The van der Waals surface area contributed by atoms with Crippen LogP contribution in [0.25, 0.3) is 0 Å². The van der Waals surface area contributed by atoms with Gasteiger partial charge in [-0.25, -0.2) is 0 Å². The van der Waals surface area contributed by atoms with Crippen molar-refractivity contribution in [3.05, 3.63) is 0 Å². The van der Waals surface area contributed by atoms with Crippen molar-refractivity contribution in [2.45, 2.75) is 12.8 Å². The summed E-state index contributed by atoms with van der Waals surface area (Å²) in [7, 11) is 0. The zero-order valence-corrected chi connectivity index (χ0v) is 6.88. The van der Waals surface area contributed by atoms with Crippen molar-refractivity contribution < 1.29 is 10.2 Å². The smallest absolute Gasteiger partial charge is 0.104 e. The zero-order chi connectivity index (χ0) is 8.81. The molecule has 1 aliphatic carbocycles. The van der Waals surface area contributed by atoms with Crippen LogP contribution in [-0.4, -0.2) is 23.4 Å². The largest absolute Gasteiger partial charge is 0.384 e. The average molecular weight is 164 g/mol. The van der Waals surface area contributed by atoms with Gasteiger partial charge in [0.05, 0.1) is 0 Å². The van der Waals surface area contributed by atoms with E-state index in [1.807, 2.05) is 0 Å². The van der Waals surface area contributed by atoms with Gasteiger partial charge < -0.3 is 10.2 Å². The molecule has 1 fully saturated rings. The van der Waals surface area contributed by atoms with Crippen LogP contribution in [0.4, 0.5) is 0 Å². The summed E-state index contributed by atoms with van der Waals surface area (Å²) in [6.45, 7) is -0.146. The van der Waals surface area contributed by atoms with Crippen molar-refractivity contribution in [3.63, 3.8) is 0 Å². The Kier molecular flexibility index (Phi) is 3.67. The van der Waals surface area contributed by atoms with E-state index in [1.165, 1.54) is 0 Å². The minimum atomic E-state index is -0.0728. The molecule has 1 rings (SSSR count). The van der Waals surface area contributed by atoms with Crippen molar-refractivity contribution in [1.82, 2.24) is 0 Å². The van der Waals surface area contributed by atoms with Crippen LogP contribution >= 0.6 is 0 Å². The van der Waals surface area contributed by atoms with Gasteiger partial charge >= 0.3 is 0 Å². The minimum Gasteiger partial charge on any atom is -0.384 e. The van der Waals surface area contributed by atoms with Crippen molar-refractivity contribution in [1.29, 1.82) is 0 Å². The second kappa shape index (κ2) is 4.83. The molecule has 0 aliphatic heterocycles. The van der Waals surface area contributed by atoms with Gasteiger partial charge in [-0.15, -0.1) is 0 Å². The summed E-state index contributed by atoms with van der Waals surface area (Å²) in [6.07, 6.45) is 2.13. The molecule has 2 N–H and O–H groups in total. The Morgan fingerprint density at radius 2 is 1.33 bits per heavy atom. The number of aliphatic hydroxyl groups is 2. The fourth-order valence-electron chi connectivity index (χ4n) is 1.20. The monoisotopic (exact) mass is 164 g/mol. The molecule has 2 atom stereocenters. The van der Waals surface area contributed by atoms with Gasteiger partial charge in [-0.1, -0.05) is 23.7 Å². The van der Waals surface area contributed by atoms with Crippen molar-refractivity contribution in [3.8, 4) is 23.7 Å². The molecule has 0 heterocycles. The van der Waals surface area contributed by atoms with E-state index in [9.17, 15) is 0 Å². The van der Waals surface area contributed by atoms with Gasteiger partial charge in [0.2, 0.25) is 0 Å². The van der Waals surface area contributed by atoms with Gasteiger partial charge in [-0.2, -0.15) is 0 Å². The first-order valence-corrected chi connectivity index (χ1v) is 4.07. The SMILES string of the molecule is OCC#CC1CCC1C#CCO. The fraction of sp³-hybridized carbons (Fsp3) is 0.600. The van der Waals surface area contributed by atoms with Gasteiger partial charge in [0.15, 0.2) is 0 Å². The fourth-order valence-corrected chi connectivity index (χ4v) is 1.20. The van der Waals surface area contributed by atoms with Gasteiger partial charge in [0.1, 0.15) is 13.2 Å². The average Bonchev–Trinajstić information content (AvgIpc) is 2.04. The highest BCUT2D eigenvalue weighted by Gasteiger charge is 2.27. The lowest BCUT2D eigenvalue weighted by Crippen LogP contribution is -2.22. The van der Waals surface area contributed by atoms with Gasteiger partial charge in [0.25, 0.3) is 0 Å². The normalized spacial score (nSPS) is 25.8. The van der Waals surface area contributed by atoms with E-state index in [0.29, 0.717) is 11.8 Å². The molecule has 2 nitrogen and oxygen atoms in total. The van der Waals surface area contributed by atoms with E-state index in [0.717, 1.165) is 12.8 Å². The molecule has 1 saturated carbocycles. The molecule has 0 radical (unpaired) electrons. The van der Waals surface area contributed by atoms with Crippen LogP contribution in [-0.2, 0) is 0 Å². The topological polar surface area (TPSA) is 40.5 Å². The molecule has 12 heavy (non-hydrogen) atoms. The molecule has 0 amide bonds. The lowest BCUT2D eigenvalue weighted by Gasteiger charge is -2.28. The molecule has 2 heteroatoms. The Morgan fingerprint density at radius 3 is 1.58 bits per heavy atom. The summed E-state index contributed by atoms with van der Waals surface area (Å²) in [5.41, 5.74) is 0. The molecule has 0 bridgehead atoms. The number of rotatable bonds is 0. The minimum absolute atomic E-state index is 0.0728. The van der Waals surface area contributed by atoms with E-state index in [2.05, 4.69) is 23.7 Å². The standard InChI is InChI=1S/C10H12O2/c11-7-1-3-9-5-6-10(9)4-2-8-12/h9-12H,5-8H2. The Balaban J connectivity index is 2.38. The van der Waals surface area contributed by atoms with Gasteiger partial charge in [-0.05, 0) is 12.8 Å².